The Bertz CT molecular complexity index is 300. The normalized spacial score (nSPS) is 19.4. The van der Waals surface area contributed by atoms with E-state index in [0.717, 1.165) is 6.42 Å². The van der Waals surface area contributed by atoms with Crippen molar-refractivity contribution in [2.45, 2.75) is 90.4 Å². The number of hydrogen-bond donors (Lipinski definition) is 2. The summed E-state index contributed by atoms with van der Waals surface area (Å²) in [7, 11) is 0. The molecule has 0 spiro atoms. The lowest BCUT2D eigenvalue weighted by Crippen LogP contribution is -2.39. The molecular weight excluding hydrogens is 260 g/mol. The Morgan fingerprint density at radius 3 is 2.33 bits per heavy atom. The van der Waals surface area contributed by atoms with Gasteiger partial charge in [-0.15, -0.1) is 0 Å². The molecule has 0 fully saturated rings. The molecule has 1 aliphatic rings. The fourth-order valence-electron chi connectivity index (χ4n) is 2.72. The van der Waals surface area contributed by atoms with Crippen molar-refractivity contribution in [1.29, 1.82) is 0 Å². The van der Waals surface area contributed by atoms with E-state index in [9.17, 15) is 5.11 Å². The van der Waals surface area contributed by atoms with Gasteiger partial charge in [-0.05, 0) is 25.8 Å². The molecule has 0 radical (unpaired) electrons. The van der Waals surface area contributed by atoms with Crippen molar-refractivity contribution >= 4 is 0 Å². The van der Waals surface area contributed by atoms with Crippen LogP contribution in [-0.4, -0.2) is 22.4 Å². The van der Waals surface area contributed by atoms with Gasteiger partial charge in [0.25, 0.3) is 0 Å². The predicted octanol–water partition coefficient (Wildman–Crippen LogP) is 4.50. The standard InChI is InChI=1S/C18H34N2O/c1-3-4-5-6-7-8-9-10-11-12-13-14-18-19-15-16-20(18)17(2)21/h13-19,21H,3-12H2,1-2H3/b14-13+. The molecule has 3 nitrogen and oxygen atoms in total. The molecule has 1 aliphatic heterocycles. The van der Waals surface area contributed by atoms with Crippen LogP contribution in [0.4, 0.5) is 0 Å². The third-order valence-electron chi connectivity index (χ3n) is 4.06. The van der Waals surface area contributed by atoms with Gasteiger partial charge in [0.1, 0.15) is 12.4 Å². The number of aliphatic hydroxyl groups excluding tert-OH is 1. The Morgan fingerprint density at radius 2 is 1.71 bits per heavy atom. The molecule has 122 valence electrons. The number of nitrogens with one attached hydrogen (secondary N) is 1. The Balaban J connectivity index is 1.93. The first kappa shape index (κ1) is 18.1. The molecule has 0 aliphatic carbocycles. The molecule has 2 unspecified atom stereocenters. The summed E-state index contributed by atoms with van der Waals surface area (Å²) in [5.41, 5.74) is 0. The molecule has 0 amide bonds. The van der Waals surface area contributed by atoms with Gasteiger partial charge >= 0.3 is 0 Å². The summed E-state index contributed by atoms with van der Waals surface area (Å²) in [4.78, 5) is 1.91. The fraction of sp³-hybridized carbons (Fsp3) is 0.778. The van der Waals surface area contributed by atoms with E-state index in [2.05, 4.69) is 24.4 Å². The quantitative estimate of drug-likeness (QED) is 0.411. The van der Waals surface area contributed by atoms with Crippen LogP contribution in [0.2, 0.25) is 0 Å². The second-order valence-corrected chi connectivity index (χ2v) is 6.05. The molecule has 3 heteroatoms. The van der Waals surface area contributed by atoms with E-state index in [1.807, 2.05) is 17.3 Å². The SMILES string of the molecule is CCCCCCCCCCC/C=C/C1NC=CN1C(C)O. The highest BCUT2D eigenvalue weighted by atomic mass is 16.3. The van der Waals surface area contributed by atoms with E-state index in [1.165, 1.54) is 57.8 Å². The van der Waals surface area contributed by atoms with Gasteiger partial charge in [0.15, 0.2) is 0 Å². The maximum Gasteiger partial charge on any atom is 0.125 e. The first-order chi connectivity index (χ1) is 10.3. The summed E-state index contributed by atoms with van der Waals surface area (Å²) in [5.74, 6) is 0. The predicted molar refractivity (Wildman–Crippen MR) is 90.6 cm³/mol. The van der Waals surface area contributed by atoms with Crippen molar-refractivity contribution in [1.82, 2.24) is 10.2 Å². The third kappa shape index (κ3) is 8.15. The molecule has 2 atom stereocenters. The van der Waals surface area contributed by atoms with E-state index in [-0.39, 0.29) is 6.17 Å². The number of unbranched alkanes of at least 4 members (excludes halogenated alkanes) is 9. The van der Waals surface area contributed by atoms with Crippen LogP contribution in [0.15, 0.2) is 24.6 Å². The van der Waals surface area contributed by atoms with E-state index < -0.39 is 6.23 Å². The van der Waals surface area contributed by atoms with Crippen LogP contribution < -0.4 is 5.32 Å². The summed E-state index contributed by atoms with van der Waals surface area (Å²) in [6, 6.07) is 0. The molecule has 0 aromatic rings. The average Bonchev–Trinajstić information content (AvgIpc) is 2.93. The summed E-state index contributed by atoms with van der Waals surface area (Å²) >= 11 is 0. The van der Waals surface area contributed by atoms with Gasteiger partial charge in [-0.25, -0.2) is 0 Å². The first-order valence-electron chi connectivity index (χ1n) is 8.80. The van der Waals surface area contributed by atoms with Crippen LogP contribution in [0, 0.1) is 0 Å². The van der Waals surface area contributed by atoms with Gasteiger partial charge < -0.3 is 15.3 Å². The maximum absolute atomic E-state index is 9.60. The summed E-state index contributed by atoms with van der Waals surface area (Å²) in [6.07, 6.45) is 21.4. The lowest BCUT2D eigenvalue weighted by Gasteiger charge is -2.25. The summed E-state index contributed by atoms with van der Waals surface area (Å²) in [5, 5.41) is 12.8. The lowest BCUT2D eigenvalue weighted by molar-refractivity contribution is 0.0408. The van der Waals surface area contributed by atoms with E-state index >= 15 is 0 Å². The number of nitrogens with zero attached hydrogens (tertiary/aromatic N) is 1. The molecule has 0 saturated heterocycles. The first-order valence-corrected chi connectivity index (χ1v) is 8.80. The van der Waals surface area contributed by atoms with Crippen molar-refractivity contribution < 1.29 is 5.11 Å². The molecule has 2 N–H and O–H groups in total. The summed E-state index contributed by atoms with van der Waals surface area (Å²) in [6.45, 7) is 4.06. The molecule has 0 aromatic heterocycles. The van der Waals surface area contributed by atoms with Crippen molar-refractivity contribution in [3.8, 4) is 0 Å². The highest BCUT2D eigenvalue weighted by Crippen LogP contribution is 2.12. The molecule has 0 bridgehead atoms. The minimum Gasteiger partial charge on any atom is -0.374 e. The van der Waals surface area contributed by atoms with Gasteiger partial charge in [-0.3, -0.25) is 0 Å². The van der Waals surface area contributed by atoms with E-state index in [4.69, 9.17) is 0 Å². The topological polar surface area (TPSA) is 35.5 Å². The smallest absolute Gasteiger partial charge is 0.125 e. The molecule has 0 aromatic carbocycles. The van der Waals surface area contributed by atoms with Gasteiger partial charge in [0.2, 0.25) is 0 Å². The Hall–Kier alpha value is -0.960. The zero-order chi connectivity index (χ0) is 15.3. The number of aliphatic hydroxyl groups is 1. The van der Waals surface area contributed by atoms with Crippen molar-refractivity contribution in [2.75, 3.05) is 0 Å². The maximum atomic E-state index is 9.60. The Labute approximate surface area is 131 Å². The molecule has 1 rings (SSSR count). The molecular formula is C18H34N2O. The van der Waals surface area contributed by atoms with Gasteiger partial charge in [0.05, 0.1) is 0 Å². The second kappa shape index (κ2) is 11.7. The lowest BCUT2D eigenvalue weighted by atomic mass is 10.1. The van der Waals surface area contributed by atoms with Crippen molar-refractivity contribution in [3.63, 3.8) is 0 Å². The minimum atomic E-state index is -0.446. The number of allylic oxidation sites excluding steroid dienone is 1. The number of hydrogen-bond acceptors (Lipinski definition) is 3. The average molecular weight is 294 g/mol. The van der Waals surface area contributed by atoms with Gasteiger partial charge in [0, 0.05) is 12.4 Å². The minimum absolute atomic E-state index is 0.114. The van der Waals surface area contributed by atoms with Gasteiger partial charge in [-0.1, -0.05) is 64.4 Å². The van der Waals surface area contributed by atoms with E-state index in [1.54, 1.807) is 6.92 Å². The van der Waals surface area contributed by atoms with Gasteiger partial charge in [-0.2, -0.15) is 0 Å². The Kier molecular flexibility index (Phi) is 10.1. The molecule has 0 saturated carbocycles. The van der Waals surface area contributed by atoms with Crippen LogP contribution >= 0.6 is 0 Å². The van der Waals surface area contributed by atoms with Crippen LogP contribution in [-0.2, 0) is 0 Å². The fourth-order valence-corrected chi connectivity index (χ4v) is 2.72. The molecule has 21 heavy (non-hydrogen) atoms. The van der Waals surface area contributed by atoms with Crippen molar-refractivity contribution in [3.05, 3.63) is 24.6 Å². The third-order valence-corrected chi connectivity index (χ3v) is 4.06. The van der Waals surface area contributed by atoms with Crippen LogP contribution in [0.1, 0.15) is 78.1 Å². The van der Waals surface area contributed by atoms with Crippen molar-refractivity contribution in [2.24, 2.45) is 0 Å². The van der Waals surface area contributed by atoms with Crippen LogP contribution in [0.3, 0.4) is 0 Å². The highest BCUT2D eigenvalue weighted by molar-refractivity contribution is 5.04. The Morgan fingerprint density at radius 1 is 1.10 bits per heavy atom. The summed E-state index contributed by atoms with van der Waals surface area (Å²) < 4.78 is 0. The van der Waals surface area contributed by atoms with E-state index in [0.29, 0.717) is 0 Å². The van der Waals surface area contributed by atoms with Crippen LogP contribution in [0.5, 0.6) is 0 Å². The highest BCUT2D eigenvalue weighted by Gasteiger charge is 2.18. The second-order valence-electron chi connectivity index (χ2n) is 6.05. The monoisotopic (exact) mass is 294 g/mol. The van der Waals surface area contributed by atoms with Crippen LogP contribution in [0.25, 0.3) is 0 Å². The number of rotatable bonds is 12. The molecule has 1 heterocycles. The zero-order valence-electron chi connectivity index (χ0n) is 13.9. The largest absolute Gasteiger partial charge is 0.374 e. The zero-order valence-corrected chi connectivity index (χ0v) is 13.9.